The third kappa shape index (κ3) is 91.7. The molecule has 0 aromatic carbocycles. The Kier molecular flexibility index (Phi) is 86.7. The minimum Gasteiger partial charge on any atom is -0.463 e. The summed E-state index contributed by atoms with van der Waals surface area (Å²) in [6.07, 6.45) is 116. The van der Waals surface area contributed by atoms with E-state index in [9.17, 15) is 43.5 Å². The van der Waals surface area contributed by atoms with Gasteiger partial charge in [-0.05, 0) is 148 Å². The Morgan fingerprint density at radius 1 is 0.248 bits per heavy atom. The summed E-state index contributed by atoms with van der Waals surface area (Å²) in [4.78, 5) is 59.0. The molecule has 0 radical (unpaired) electrons. The highest BCUT2D eigenvalue weighted by Gasteiger charge is 2.29. The zero-order chi connectivity index (χ0) is 85.1. The van der Waals surface area contributed by atoms with E-state index in [4.69, 9.17) is 32.3 Å². The van der Waals surface area contributed by atoms with Gasteiger partial charge in [-0.2, -0.15) is 0 Å². The molecule has 0 aliphatic rings. The summed E-state index contributed by atoms with van der Waals surface area (Å²) < 4.78 is 61.5. The number of aliphatic hydroxyl groups excluding tert-OH is 2. The number of aliphatic hydroxyl groups is 2. The van der Waals surface area contributed by atoms with Crippen LogP contribution in [0.1, 0.15) is 393 Å². The molecule has 18 heteroatoms. The van der Waals surface area contributed by atoms with Crippen LogP contribution in [-0.2, 0) is 55.8 Å². The molecule has 0 spiro atoms. The number of esters is 3. The highest BCUT2D eigenvalue weighted by Crippen LogP contribution is 2.45. The van der Waals surface area contributed by atoms with Crippen LogP contribution in [0.2, 0.25) is 0 Å². The van der Waals surface area contributed by atoms with E-state index in [1.807, 2.05) is 0 Å². The van der Waals surface area contributed by atoms with E-state index < -0.39 is 91.5 Å². The number of hydrogen-bond acceptors (Lipinski definition) is 14. The highest BCUT2D eigenvalue weighted by molar-refractivity contribution is 7.47. The van der Waals surface area contributed by atoms with Gasteiger partial charge in [-0.1, -0.05) is 384 Å². The van der Waals surface area contributed by atoms with Crippen LogP contribution in [0.15, 0.2) is 158 Å². The van der Waals surface area contributed by atoms with Crippen LogP contribution in [0.25, 0.3) is 0 Å². The fraction of sp³-hybridized carbons (Fsp3) is 0.707. The summed E-state index contributed by atoms with van der Waals surface area (Å²) in [6.45, 7) is 2.47. The van der Waals surface area contributed by atoms with Gasteiger partial charge in [0.2, 0.25) is 0 Å². The fourth-order valence-corrected chi connectivity index (χ4v) is 14.3. The third-order valence-electron chi connectivity index (χ3n) is 19.7. The summed E-state index contributed by atoms with van der Waals surface area (Å²) in [5.41, 5.74) is 0. The Labute approximate surface area is 714 Å². The molecule has 117 heavy (non-hydrogen) atoms. The van der Waals surface area contributed by atoms with Crippen molar-refractivity contribution in [3.8, 4) is 0 Å². The van der Waals surface area contributed by atoms with Crippen molar-refractivity contribution in [3.63, 3.8) is 0 Å². The van der Waals surface area contributed by atoms with Crippen molar-refractivity contribution in [2.75, 3.05) is 39.6 Å². The van der Waals surface area contributed by atoms with Crippen LogP contribution in [-0.4, -0.2) is 95.9 Å². The maximum Gasteiger partial charge on any atom is 0.472 e. The number of allylic oxidation sites excluding steroid dienone is 26. The molecular formula is C99H170O16P2. The van der Waals surface area contributed by atoms with E-state index in [1.165, 1.54) is 173 Å². The number of unbranched alkanes of at least 4 members (excludes halogenated alkanes) is 39. The second-order valence-corrected chi connectivity index (χ2v) is 34.0. The van der Waals surface area contributed by atoms with Crippen LogP contribution >= 0.6 is 15.6 Å². The van der Waals surface area contributed by atoms with Crippen molar-refractivity contribution in [3.05, 3.63) is 158 Å². The van der Waals surface area contributed by atoms with Gasteiger partial charge in [-0.25, -0.2) is 9.13 Å². The van der Waals surface area contributed by atoms with Crippen molar-refractivity contribution in [1.29, 1.82) is 0 Å². The van der Waals surface area contributed by atoms with E-state index in [1.54, 1.807) is 0 Å². The average Bonchev–Trinajstić information content (AvgIpc) is 0.891. The minimum absolute atomic E-state index is 0.0883. The van der Waals surface area contributed by atoms with Crippen molar-refractivity contribution < 1.29 is 75.8 Å². The number of ether oxygens (including phenoxy) is 3. The first-order chi connectivity index (χ1) is 57.2. The predicted molar refractivity (Wildman–Crippen MR) is 491 cm³/mol. The number of rotatable bonds is 88. The van der Waals surface area contributed by atoms with Crippen molar-refractivity contribution in [2.24, 2.45) is 0 Å². The maximum atomic E-state index is 13.1. The predicted octanol–water partition coefficient (Wildman–Crippen LogP) is 28.9. The lowest BCUT2D eigenvalue weighted by atomic mass is 10.0. The van der Waals surface area contributed by atoms with E-state index in [0.29, 0.717) is 19.3 Å². The summed E-state index contributed by atoms with van der Waals surface area (Å²) in [5.74, 6) is -1.58. The molecule has 0 heterocycles. The monoisotopic (exact) mass is 1680 g/mol. The average molecular weight is 1680 g/mol. The first-order valence-electron chi connectivity index (χ1n) is 46.8. The molecule has 0 aromatic rings. The molecule has 0 aliphatic carbocycles. The Morgan fingerprint density at radius 3 is 0.718 bits per heavy atom. The Balaban J connectivity index is 4.55. The Hall–Kier alpha value is -4.83. The molecule has 0 bridgehead atoms. The molecule has 0 aromatic heterocycles. The maximum absolute atomic E-state index is 13.1. The SMILES string of the molecule is CC/C=C\C/C=C\C/C=C\C/C=C\C/C=C\CCCCCCCCCCCCCCCCCC(=O)OCC(O)COP(=O)(O)OCC(O)COP(=O)(O)OCC(COC(=O)CCCCCCCCCCCCCCCCC/C=C\C/C=C\C/C=C\C/C=C\C/C=C\CC)OC(=O)CCCCCCCC/C=C\C/C=C\C/C=C\CCCCC. The van der Waals surface area contributed by atoms with E-state index in [-0.39, 0.29) is 19.3 Å². The summed E-state index contributed by atoms with van der Waals surface area (Å²) in [7, 11) is -9.81. The summed E-state index contributed by atoms with van der Waals surface area (Å²) in [6, 6.07) is 0. The zero-order valence-corrected chi connectivity index (χ0v) is 75.9. The Bertz CT molecular complexity index is 2760. The van der Waals surface area contributed by atoms with Crippen LogP contribution in [0, 0.1) is 0 Å². The van der Waals surface area contributed by atoms with Gasteiger partial charge in [0.15, 0.2) is 6.10 Å². The molecule has 16 nitrogen and oxygen atoms in total. The second-order valence-electron chi connectivity index (χ2n) is 31.0. The summed E-state index contributed by atoms with van der Waals surface area (Å²) >= 11 is 0. The number of hydrogen-bond donors (Lipinski definition) is 4. The van der Waals surface area contributed by atoms with E-state index in [0.717, 1.165) is 161 Å². The number of phosphoric ester groups is 2. The van der Waals surface area contributed by atoms with Gasteiger partial charge < -0.3 is 34.2 Å². The van der Waals surface area contributed by atoms with Crippen molar-refractivity contribution in [2.45, 2.75) is 411 Å². The van der Waals surface area contributed by atoms with Crippen molar-refractivity contribution in [1.82, 2.24) is 0 Å². The topological polar surface area (TPSA) is 231 Å². The van der Waals surface area contributed by atoms with Gasteiger partial charge in [0, 0.05) is 19.3 Å². The van der Waals surface area contributed by atoms with Gasteiger partial charge in [-0.15, -0.1) is 0 Å². The van der Waals surface area contributed by atoms with Gasteiger partial charge in [0.05, 0.1) is 26.4 Å². The number of carbonyl (C=O) groups is 3. The molecule has 0 aliphatic heterocycles. The highest BCUT2D eigenvalue weighted by atomic mass is 31.2. The molecule has 0 saturated heterocycles. The van der Waals surface area contributed by atoms with Gasteiger partial charge in [-0.3, -0.25) is 32.5 Å². The van der Waals surface area contributed by atoms with E-state index >= 15 is 0 Å². The molecule has 0 rings (SSSR count). The molecule has 5 unspecified atom stereocenters. The van der Waals surface area contributed by atoms with Gasteiger partial charge in [0.1, 0.15) is 25.4 Å². The molecule has 0 fully saturated rings. The summed E-state index contributed by atoms with van der Waals surface area (Å²) in [5, 5.41) is 20.7. The molecule has 0 amide bonds. The Morgan fingerprint density at radius 2 is 0.453 bits per heavy atom. The lowest BCUT2D eigenvalue weighted by molar-refractivity contribution is -0.161. The van der Waals surface area contributed by atoms with E-state index in [2.05, 4.69) is 179 Å². The smallest absolute Gasteiger partial charge is 0.463 e. The first kappa shape index (κ1) is 112. The lowest BCUT2D eigenvalue weighted by Crippen LogP contribution is -2.30. The third-order valence-corrected chi connectivity index (χ3v) is 21.6. The zero-order valence-electron chi connectivity index (χ0n) is 74.1. The van der Waals surface area contributed by atoms with Crippen LogP contribution in [0.3, 0.4) is 0 Å². The largest absolute Gasteiger partial charge is 0.472 e. The quantitative estimate of drug-likeness (QED) is 0.0146. The van der Waals surface area contributed by atoms with Gasteiger partial charge in [0.25, 0.3) is 0 Å². The lowest BCUT2D eigenvalue weighted by Gasteiger charge is -2.21. The second kappa shape index (κ2) is 90.4. The van der Waals surface area contributed by atoms with Gasteiger partial charge >= 0.3 is 33.6 Å². The number of carbonyl (C=O) groups excluding carboxylic acids is 3. The molecule has 4 N–H and O–H groups in total. The molecule has 0 saturated carbocycles. The minimum atomic E-state index is -4.95. The van der Waals surface area contributed by atoms with Crippen LogP contribution in [0.4, 0.5) is 0 Å². The standard InChI is InChI=1S/C99H170O16P2/c1-4-7-10-13-16-19-22-25-28-31-34-36-38-40-42-44-46-48-50-52-54-56-59-61-64-67-70-73-76-79-82-85-97(102)109-88-94(100)89-111-116(105,106)112-90-95(101)91-113-117(107,108)114-93-96(115-99(104)87-84-81-78-75-72-69-66-63-58-33-30-27-24-21-18-15-12-9-6-3)92-110-98(103)86-83-80-77-74-71-68-65-62-60-57-55-53-51-49-47-45-43-41-39-37-35-32-29-26-23-20-17-14-11-8-5-2/h7-8,10-11,16-21,25-30,34-37,40-43,58,63,94-96,100-101H,4-6,9,12-15,22-24,31-33,38-39,44-57,59-62,64-93H2,1-3H3,(H,105,106)(H,107,108)/b10-7-,11-8-,19-16-,20-17-,21-18-,28-25-,29-26-,30-27-,36-34-,37-35-,42-40-,43-41-,63-58-. The number of phosphoric acid groups is 2. The van der Waals surface area contributed by atoms with Crippen LogP contribution < -0.4 is 0 Å². The molecule has 672 valence electrons. The fourth-order valence-electron chi connectivity index (χ4n) is 12.7. The normalized spacial score (nSPS) is 14.5. The van der Waals surface area contributed by atoms with Crippen molar-refractivity contribution >= 4 is 33.6 Å². The first-order valence-corrected chi connectivity index (χ1v) is 49.8. The molecule has 5 atom stereocenters. The van der Waals surface area contributed by atoms with Crippen LogP contribution in [0.5, 0.6) is 0 Å². The molecular weight excluding hydrogens is 1510 g/mol.